The van der Waals surface area contributed by atoms with Crippen molar-refractivity contribution in [2.45, 2.75) is 32.7 Å². The van der Waals surface area contributed by atoms with Crippen LogP contribution in [0.1, 0.15) is 20.8 Å². The quantitative estimate of drug-likeness (QED) is 0.388. The van der Waals surface area contributed by atoms with Crippen LogP contribution in [0.3, 0.4) is 0 Å². The molecule has 0 saturated heterocycles. The molecule has 0 bridgehead atoms. The molecule has 1 atom stereocenters. The molecule has 0 fully saturated rings. The van der Waals surface area contributed by atoms with Crippen molar-refractivity contribution in [1.82, 2.24) is 15.0 Å². The van der Waals surface area contributed by atoms with E-state index in [2.05, 4.69) is 15.0 Å². The summed E-state index contributed by atoms with van der Waals surface area (Å²) in [5.41, 5.74) is -0.953. The van der Waals surface area contributed by atoms with Crippen molar-refractivity contribution in [2.24, 2.45) is 0 Å². The van der Waals surface area contributed by atoms with Gasteiger partial charge in [-0.15, -0.1) is 0 Å². The van der Waals surface area contributed by atoms with Crippen LogP contribution in [0.5, 0.6) is 0 Å². The Bertz CT molecular complexity index is 526. The van der Waals surface area contributed by atoms with Crippen LogP contribution in [-0.2, 0) is 4.74 Å². The summed E-state index contributed by atoms with van der Waals surface area (Å²) in [5, 5.41) is 38.1. The molecule has 138 valence electrons. The normalized spacial score (nSPS) is 12.9. The largest absolute Gasteiger partial charge is 0.376 e. The van der Waals surface area contributed by atoms with Crippen LogP contribution in [0.4, 0.5) is 17.8 Å². The van der Waals surface area contributed by atoms with Gasteiger partial charge in [0.15, 0.2) is 0 Å². The lowest BCUT2D eigenvalue weighted by Crippen LogP contribution is -2.51. The molecule has 4 N–H and O–H groups in total. The standard InChI is InChI=1S/C13H26N6O5/c1-9(23)19(13(2,3)24-5)12-15-10(17(4)6-20)14-11(16-12)18(7-21)8-22/h9,20-23H,6-8H2,1-5H3. The fourth-order valence-electron chi connectivity index (χ4n) is 1.95. The highest BCUT2D eigenvalue weighted by Gasteiger charge is 2.33. The molecule has 0 aliphatic carbocycles. The molecular formula is C13H26N6O5. The van der Waals surface area contributed by atoms with E-state index in [9.17, 15) is 20.4 Å². The summed E-state index contributed by atoms with van der Waals surface area (Å²) in [6.07, 6.45) is -1.00. The number of aliphatic hydroxyl groups excluding tert-OH is 4. The second-order valence-electron chi connectivity index (χ2n) is 5.55. The number of anilines is 3. The predicted octanol–water partition coefficient (Wildman–Crippen LogP) is -1.51. The summed E-state index contributed by atoms with van der Waals surface area (Å²) in [6.45, 7) is 3.55. The van der Waals surface area contributed by atoms with Gasteiger partial charge in [-0.05, 0) is 20.8 Å². The number of hydrogen-bond acceptors (Lipinski definition) is 11. The van der Waals surface area contributed by atoms with Crippen LogP contribution in [0.25, 0.3) is 0 Å². The average Bonchev–Trinajstić information content (AvgIpc) is 2.54. The third-order valence-electron chi connectivity index (χ3n) is 3.45. The van der Waals surface area contributed by atoms with E-state index in [-0.39, 0.29) is 24.6 Å². The maximum Gasteiger partial charge on any atom is 0.236 e. The van der Waals surface area contributed by atoms with E-state index in [0.29, 0.717) is 0 Å². The maximum absolute atomic E-state index is 10.1. The topological polar surface area (TPSA) is 139 Å². The van der Waals surface area contributed by atoms with Gasteiger partial charge >= 0.3 is 0 Å². The highest BCUT2D eigenvalue weighted by molar-refractivity contribution is 5.47. The van der Waals surface area contributed by atoms with Crippen molar-refractivity contribution in [3.63, 3.8) is 0 Å². The summed E-state index contributed by atoms with van der Waals surface area (Å²) >= 11 is 0. The number of nitrogens with zero attached hydrogens (tertiary/aromatic N) is 6. The van der Waals surface area contributed by atoms with Crippen LogP contribution >= 0.6 is 0 Å². The zero-order valence-corrected chi connectivity index (χ0v) is 14.6. The molecule has 11 heteroatoms. The van der Waals surface area contributed by atoms with E-state index in [1.165, 1.54) is 23.8 Å². The van der Waals surface area contributed by atoms with E-state index in [4.69, 9.17) is 4.74 Å². The SMILES string of the molecule is COC(C)(C)N(c1nc(N(C)CO)nc(N(CO)CO)n1)C(C)O. The van der Waals surface area contributed by atoms with E-state index in [1.54, 1.807) is 20.9 Å². The highest BCUT2D eigenvalue weighted by atomic mass is 16.5. The Balaban J connectivity index is 3.51. The van der Waals surface area contributed by atoms with E-state index in [1.807, 2.05) is 0 Å². The van der Waals surface area contributed by atoms with Crippen molar-refractivity contribution >= 4 is 17.8 Å². The predicted molar refractivity (Wildman–Crippen MR) is 87.2 cm³/mol. The van der Waals surface area contributed by atoms with Crippen molar-refractivity contribution < 1.29 is 25.2 Å². The van der Waals surface area contributed by atoms with Crippen LogP contribution < -0.4 is 14.7 Å². The minimum atomic E-state index is -1.00. The lowest BCUT2D eigenvalue weighted by Gasteiger charge is -2.39. The molecule has 1 rings (SSSR count). The molecule has 0 saturated carbocycles. The molecule has 0 aromatic carbocycles. The van der Waals surface area contributed by atoms with Gasteiger partial charge in [-0.2, -0.15) is 15.0 Å². The zero-order chi connectivity index (χ0) is 18.5. The van der Waals surface area contributed by atoms with Crippen LogP contribution in [0.15, 0.2) is 0 Å². The minimum Gasteiger partial charge on any atom is -0.376 e. The lowest BCUT2D eigenvalue weighted by atomic mass is 10.2. The molecule has 0 spiro atoms. The molecular weight excluding hydrogens is 320 g/mol. The summed E-state index contributed by atoms with van der Waals surface area (Å²) < 4.78 is 5.39. The van der Waals surface area contributed by atoms with Gasteiger partial charge in [-0.25, -0.2) is 0 Å². The van der Waals surface area contributed by atoms with Crippen LogP contribution in [0, 0.1) is 0 Å². The first-order chi connectivity index (χ1) is 11.2. The molecule has 0 amide bonds. The Morgan fingerprint density at radius 2 is 1.50 bits per heavy atom. The first-order valence-electron chi connectivity index (χ1n) is 7.29. The van der Waals surface area contributed by atoms with Crippen molar-refractivity contribution in [1.29, 1.82) is 0 Å². The second-order valence-corrected chi connectivity index (χ2v) is 5.55. The van der Waals surface area contributed by atoms with Gasteiger partial charge in [0.1, 0.15) is 32.1 Å². The average molecular weight is 346 g/mol. The van der Waals surface area contributed by atoms with E-state index in [0.717, 1.165) is 4.90 Å². The Hall–Kier alpha value is -1.79. The fraction of sp³-hybridized carbons (Fsp3) is 0.769. The van der Waals surface area contributed by atoms with Gasteiger partial charge in [0, 0.05) is 14.2 Å². The molecule has 1 aromatic heterocycles. The van der Waals surface area contributed by atoms with Crippen molar-refractivity contribution in [3.8, 4) is 0 Å². The number of aliphatic hydroxyl groups is 4. The minimum absolute atomic E-state index is 0.0159. The van der Waals surface area contributed by atoms with Crippen LogP contribution in [-0.4, -0.2) is 81.7 Å². The molecule has 1 heterocycles. The van der Waals surface area contributed by atoms with Gasteiger partial charge in [0.2, 0.25) is 17.8 Å². The molecule has 24 heavy (non-hydrogen) atoms. The Labute approximate surface area is 140 Å². The Morgan fingerprint density at radius 3 is 1.92 bits per heavy atom. The van der Waals surface area contributed by atoms with Crippen molar-refractivity contribution in [2.75, 3.05) is 49.0 Å². The highest BCUT2D eigenvalue weighted by Crippen LogP contribution is 2.26. The molecule has 11 nitrogen and oxygen atoms in total. The molecule has 1 unspecified atom stereocenters. The molecule has 1 aromatic rings. The third-order valence-corrected chi connectivity index (χ3v) is 3.45. The first-order valence-corrected chi connectivity index (χ1v) is 7.29. The summed E-state index contributed by atoms with van der Waals surface area (Å²) in [6, 6.07) is 0. The van der Waals surface area contributed by atoms with Crippen LogP contribution in [0.2, 0.25) is 0 Å². The number of aromatic nitrogens is 3. The summed E-state index contributed by atoms with van der Waals surface area (Å²) in [7, 11) is 3.03. The zero-order valence-electron chi connectivity index (χ0n) is 14.6. The number of methoxy groups -OCH3 is 1. The number of hydrogen-bond donors (Lipinski definition) is 4. The monoisotopic (exact) mass is 346 g/mol. The summed E-state index contributed by atoms with van der Waals surface area (Å²) in [5.74, 6) is 0.142. The van der Waals surface area contributed by atoms with Gasteiger partial charge in [0.05, 0.1) is 0 Å². The number of rotatable bonds is 9. The second kappa shape index (κ2) is 8.35. The van der Waals surface area contributed by atoms with E-state index < -0.39 is 25.4 Å². The molecule has 0 aliphatic heterocycles. The lowest BCUT2D eigenvalue weighted by molar-refractivity contribution is -0.0132. The number of ether oxygens (including phenoxy) is 1. The Morgan fingerprint density at radius 1 is 1.00 bits per heavy atom. The third kappa shape index (κ3) is 4.39. The fourth-order valence-corrected chi connectivity index (χ4v) is 1.95. The molecule has 0 radical (unpaired) electrons. The van der Waals surface area contributed by atoms with E-state index >= 15 is 0 Å². The van der Waals surface area contributed by atoms with Gasteiger partial charge in [-0.1, -0.05) is 0 Å². The molecule has 0 aliphatic rings. The Kier molecular flexibility index (Phi) is 7.05. The van der Waals surface area contributed by atoms with Crippen molar-refractivity contribution in [3.05, 3.63) is 0 Å². The summed E-state index contributed by atoms with van der Waals surface area (Å²) in [4.78, 5) is 16.3. The maximum atomic E-state index is 10.1. The van der Waals surface area contributed by atoms with Gasteiger partial charge in [-0.3, -0.25) is 9.80 Å². The van der Waals surface area contributed by atoms with Gasteiger partial charge in [0.25, 0.3) is 0 Å². The first kappa shape index (κ1) is 20.3. The van der Waals surface area contributed by atoms with Gasteiger partial charge < -0.3 is 30.1 Å². The smallest absolute Gasteiger partial charge is 0.236 e.